The van der Waals surface area contributed by atoms with Crippen LogP contribution in [0.4, 0.5) is 0 Å². The third-order valence-electron chi connectivity index (χ3n) is 23.9. The lowest BCUT2D eigenvalue weighted by molar-refractivity contribution is -0.149. The number of nitrogens with two attached hydrogens (primary N) is 2. The number of hydrogen-bond donors (Lipinski definition) is 18. The second kappa shape index (κ2) is 49.1. The van der Waals surface area contributed by atoms with Crippen LogP contribution in [0.1, 0.15) is 146 Å². The molecular weight excluding hydrogens is 1720 g/mol. The molecule has 16 amide bonds. The van der Waals surface area contributed by atoms with Crippen LogP contribution in [0.15, 0.2) is 97.7 Å². The van der Waals surface area contributed by atoms with Crippen LogP contribution in [0.3, 0.4) is 0 Å². The van der Waals surface area contributed by atoms with Gasteiger partial charge in [-0.15, -0.1) is 11.8 Å². The van der Waals surface area contributed by atoms with Crippen molar-refractivity contribution in [1.29, 1.82) is 0 Å². The predicted octanol–water partition coefficient (Wildman–Crippen LogP) is -1.07. The molecule has 3 saturated heterocycles. The number of aliphatic hydroxyl groups is 1. The van der Waals surface area contributed by atoms with Crippen LogP contribution >= 0.6 is 11.8 Å². The molecule has 9 rings (SSSR count). The third-order valence-corrected chi connectivity index (χ3v) is 24.9. The SMILES string of the molecule is CCCC[C@H]1C(=O)N(C)[C@@H](CCCC)C(=O)N[C@@H](C)C(=O)N[C@H](C(=O)NCC(N)=O)CSCC(=O)N[C@@H](Cc2ccc(O)cc2)C(=O)N(C)[C@@H](C)C(=O)N[C@@H](CCC(=O)O)C(=O)N2CCC[C@H]2C(=O)N[C@@H](Cc2c[nH]cn2)C(=O)N[C@@H](CCCCN)C(=O)N2CCC[C@H]2C(=O)N[C@@H](Cc2c[nH]c3ccccc23)C(=O)N[C@@H](CO)C(=O)N[C@@H](Cc2c[nH]c3ccccc23)C(=O)N1C. The van der Waals surface area contributed by atoms with E-state index in [0.29, 0.717) is 70.6 Å². The molecule has 20 N–H and O–H groups in total. The maximum absolute atomic E-state index is 15.6. The number of aliphatic hydroxyl groups excluding tert-OH is 1. The van der Waals surface area contributed by atoms with Gasteiger partial charge < -0.3 is 119 Å². The summed E-state index contributed by atoms with van der Waals surface area (Å²) in [6.07, 6.45) is 6.85. The van der Waals surface area contributed by atoms with Gasteiger partial charge in [-0.05, 0) is 126 Å². The Hall–Kier alpha value is -13.0. The van der Waals surface area contributed by atoms with Crippen LogP contribution in [-0.4, -0.2) is 310 Å². The van der Waals surface area contributed by atoms with Crippen molar-refractivity contribution in [3.8, 4) is 5.75 Å². The highest BCUT2D eigenvalue weighted by atomic mass is 32.2. The molecule has 6 heterocycles. The molecule has 0 unspecified atom stereocenters. The van der Waals surface area contributed by atoms with Gasteiger partial charge in [0.15, 0.2) is 0 Å². The van der Waals surface area contributed by atoms with E-state index in [1.165, 1.54) is 81.6 Å². The number of aromatic nitrogens is 4. The van der Waals surface area contributed by atoms with Crippen molar-refractivity contribution in [2.45, 2.75) is 234 Å². The predicted molar refractivity (Wildman–Crippen MR) is 481 cm³/mol. The molecule has 0 bridgehead atoms. The Balaban J connectivity index is 1.08. The van der Waals surface area contributed by atoms with Gasteiger partial charge in [-0.25, -0.2) is 4.98 Å². The van der Waals surface area contributed by atoms with Crippen molar-refractivity contribution in [2.24, 2.45) is 11.5 Å². The number of phenolic OH excluding ortho intramolecular Hbond substituents is 1. The zero-order chi connectivity index (χ0) is 95.3. The van der Waals surface area contributed by atoms with Crippen molar-refractivity contribution >= 4 is 134 Å². The first-order valence-corrected chi connectivity index (χ1v) is 45.5. The van der Waals surface area contributed by atoms with Gasteiger partial charge in [0.2, 0.25) is 94.5 Å². The summed E-state index contributed by atoms with van der Waals surface area (Å²) in [5.41, 5.74) is 14.4. The number of nitrogens with zero attached hydrogens (tertiary/aromatic N) is 6. The maximum Gasteiger partial charge on any atom is 0.303 e. The van der Waals surface area contributed by atoms with E-state index in [2.05, 4.69) is 73.1 Å². The number of phenols is 1. The second-order valence-corrected chi connectivity index (χ2v) is 34.4. The number of rotatable bonds is 25. The molecule has 3 aromatic heterocycles. The Labute approximate surface area is 761 Å². The molecule has 14 atom stereocenters. The summed E-state index contributed by atoms with van der Waals surface area (Å²) < 4.78 is 0. The van der Waals surface area contributed by atoms with Crippen molar-refractivity contribution in [3.63, 3.8) is 0 Å². The number of H-pyrrole nitrogens is 3. The number of carboxylic acids is 1. The number of primary amides is 1. The number of carboxylic acid groups (broad SMARTS) is 1. The lowest BCUT2D eigenvalue weighted by Crippen LogP contribution is -2.61. The molecule has 710 valence electrons. The fourth-order valence-corrected chi connectivity index (χ4v) is 17.2. The smallest absolute Gasteiger partial charge is 0.303 e. The summed E-state index contributed by atoms with van der Waals surface area (Å²) >= 11 is 0.785. The fourth-order valence-electron chi connectivity index (χ4n) is 16.3. The summed E-state index contributed by atoms with van der Waals surface area (Å²) in [5.74, 6) is -16.6. The average molecular weight is 1840 g/mol. The first-order valence-electron chi connectivity index (χ1n) is 44.3. The number of unbranched alkanes of at least 4 members (excludes halogenated alkanes) is 3. The molecule has 3 fully saturated rings. The fraction of sp³-hybridized carbons (Fsp3) is 0.528. The van der Waals surface area contributed by atoms with Gasteiger partial charge in [0, 0.05) is 112 Å². The monoisotopic (exact) mass is 1840 g/mol. The standard InChI is InChI=1S/C89H123N21O20S/c1-8-10-25-69-82(123)97-50(3)76(117)105-68(78(119)95-45-73(91)113)47-131-48-74(114)98-65(38-52-29-31-56(112)32-30-52)85(126)106(5)51(4)77(118)99-62(33-34-75(115)116)88(129)110-37-19-28-71(110)84(125)102-64(41-55-44-92-49-96-55)80(121)100-61(24-16-17-35-90)87(128)109-36-18-27-70(109)83(124)101-63(39-53-42-93-59-22-14-12-20-57(53)59)79(120)104-67(46-111)81(122)103-66(40-54-43-94-60-23-15-13-21-58(54)60)86(127)108(7)72(26-11-9-2)89(130)107(69)6/h12-15,20-23,29-32,42-44,49-51,61-72,93-94,111-112H,8-11,16-19,24-28,33-41,45-48,90H2,1-7H3,(H2,91,113)(H,92,96)(H,95,119)(H,97,123)(H,98,114)(H,99,118)(H,100,121)(H,101,124)(H,102,125)(H,103,122)(H,104,120)(H,105,117)(H,115,116)/t50-,51-,61-,62-,63-,64-,65-,66-,67-,68-,69-,70-,71-,72-/m0/s1. The van der Waals surface area contributed by atoms with E-state index in [1.54, 1.807) is 60.9 Å². The van der Waals surface area contributed by atoms with Crippen LogP contribution in [0, 0.1) is 0 Å². The number of hydrogen-bond acceptors (Lipinski definition) is 22. The summed E-state index contributed by atoms with van der Waals surface area (Å²) in [7, 11) is 3.96. The number of carbonyl (C=O) groups excluding carboxylic acids is 16. The van der Waals surface area contributed by atoms with Gasteiger partial charge in [0.05, 0.1) is 30.9 Å². The van der Waals surface area contributed by atoms with E-state index in [9.17, 15) is 63.3 Å². The molecule has 0 radical (unpaired) electrons. The Morgan fingerprint density at radius 1 is 0.519 bits per heavy atom. The number of amides is 16. The topological polar surface area (TPSA) is 600 Å². The first-order chi connectivity index (χ1) is 62.6. The zero-order valence-electron chi connectivity index (χ0n) is 74.7. The average Bonchev–Trinajstić information content (AvgIpc) is 1.80. The van der Waals surface area contributed by atoms with Gasteiger partial charge in [0.25, 0.3) is 0 Å². The number of likely N-dealkylation sites (N-methyl/N-ethyl adjacent to an activating group) is 3. The Bertz CT molecular complexity index is 5030. The molecule has 3 aliphatic heterocycles. The van der Waals surface area contributed by atoms with Crippen molar-refractivity contribution in [2.75, 3.05) is 65.4 Å². The molecule has 0 saturated carbocycles. The van der Waals surface area contributed by atoms with E-state index in [4.69, 9.17) is 11.5 Å². The molecule has 6 aromatic rings. The minimum Gasteiger partial charge on any atom is -0.508 e. The molecular formula is C89H123N21O20S. The number of imidazole rings is 1. The van der Waals surface area contributed by atoms with E-state index in [-0.39, 0.29) is 108 Å². The molecule has 0 aliphatic carbocycles. The van der Waals surface area contributed by atoms with Crippen molar-refractivity contribution in [1.82, 2.24) is 97.6 Å². The number of fused-ring (bicyclic) bond motifs is 4. The Morgan fingerprint density at radius 3 is 1.59 bits per heavy atom. The number of aromatic amines is 3. The lowest BCUT2D eigenvalue weighted by Gasteiger charge is -2.36. The normalized spacial score (nSPS) is 24.6. The minimum atomic E-state index is -1.84. The number of nitrogens with one attached hydrogen (secondary N) is 13. The van der Waals surface area contributed by atoms with Gasteiger partial charge in [-0.2, -0.15) is 0 Å². The van der Waals surface area contributed by atoms with Gasteiger partial charge in [0.1, 0.15) is 90.3 Å². The van der Waals surface area contributed by atoms with E-state index in [0.717, 1.165) is 26.5 Å². The molecule has 3 aromatic carbocycles. The van der Waals surface area contributed by atoms with E-state index in [1.807, 2.05) is 13.8 Å². The molecule has 0 spiro atoms. The van der Waals surface area contributed by atoms with E-state index < -0.39 is 223 Å². The number of aromatic hydroxyl groups is 1. The summed E-state index contributed by atoms with van der Waals surface area (Å²) in [5, 5.41) is 59.2. The minimum absolute atomic E-state index is 0.00810. The second-order valence-electron chi connectivity index (χ2n) is 33.4. The molecule has 131 heavy (non-hydrogen) atoms. The Morgan fingerprint density at radius 2 is 1.03 bits per heavy atom. The van der Waals surface area contributed by atoms with Crippen LogP contribution in [0.2, 0.25) is 0 Å². The number of thioether (sulfide) groups is 1. The third kappa shape index (κ3) is 28.0. The molecule has 41 nitrogen and oxygen atoms in total. The number of benzene rings is 3. The van der Waals surface area contributed by atoms with Gasteiger partial charge in [-0.1, -0.05) is 88.1 Å². The Kier molecular flexibility index (Phi) is 38.2. The van der Waals surface area contributed by atoms with Crippen LogP contribution in [0.5, 0.6) is 5.75 Å². The lowest BCUT2D eigenvalue weighted by atomic mass is 10.00. The number of para-hydroxylation sites is 2. The summed E-state index contributed by atoms with van der Waals surface area (Å²) in [4.78, 5) is 267. The summed E-state index contributed by atoms with van der Waals surface area (Å²) in [6.45, 7) is 4.62. The quantitative estimate of drug-likeness (QED) is 0.0303. The highest BCUT2D eigenvalue weighted by molar-refractivity contribution is 8.00. The van der Waals surface area contributed by atoms with Gasteiger partial charge in [-0.3, -0.25) is 81.5 Å². The zero-order valence-corrected chi connectivity index (χ0v) is 75.5. The largest absolute Gasteiger partial charge is 0.508 e. The van der Waals surface area contributed by atoms with Gasteiger partial charge >= 0.3 is 5.97 Å². The van der Waals surface area contributed by atoms with E-state index >= 15 is 33.6 Å². The highest BCUT2D eigenvalue weighted by Crippen LogP contribution is 2.28. The first kappa shape index (κ1) is 102. The van der Waals surface area contributed by atoms with Crippen LogP contribution < -0.4 is 64.6 Å². The molecule has 3 aliphatic rings. The van der Waals surface area contributed by atoms with Crippen LogP contribution in [-0.2, 0) is 107 Å². The number of aliphatic carboxylic acids is 1. The van der Waals surface area contributed by atoms with Crippen molar-refractivity contribution in [3.05, 3.63) is 120 Å². The van der Waals surface area contributed by atoms with Crippen molar-refractivity contribution < 1.29 is 96.8 Å². The maximum atomic E-state index is 15.6. The number of carbonyl (C=O) groups is 17. The van der Waals surface area contributed by atoms with Crippen LogP contribution in [0.25, 0.3) is 21.8 Å². The molecule has 42 heteroatoms. The highest BCUT2D eigenvalue weighted by Gasteiger charge is 2.45. The summed E-state index contributed by atoms with van der Waals surface area (Å²) in [6, 6.07) is -0.940.